The summed E-state index contributed by atoms with van der Waals surface area (Å²) in [5.74, 6) is -0.570. The predicted octanol–water partition coefficient (Wildman–Crippen LogP) is 4.59. The van der Waals surface area contributed by atoms with Gasteiger partial charge in [0.25, 0.3) is 0 Å². The third-order valence-corrected chi connectivity index (χ3v) is 8.06. The van der Waals surface area contributed by atoms with Crippen molar-refractivity contribution in [2.45, 2.75) is 51.0 Å². The average molecular weight is 572 g/mol. The molecule has 0 saturated carbocycles. The molecular weight excluding hydrogens is 541 g/mol. The number of carboxylic acid groups (broad SMARTS) is 1. The number of fused-ring (bicyclic) bond motifs is 1. The Balaban J connectivity index is 1.12. The molecule has 42 heavy (non-hydrogen) atoms. The second-order valence-electron chi connectivity index (χ2n) is 10.7. The third kappa shape index (κ3) is 5.64. The van der Waals surface area contributed by atoms with Gasteiger partial charge in [-0.05, 0) is 62.7 Å². The van der Waals surface area contributed by atoms with Gasteiger partial charge >= 0.3 is 5.97 Å². The highest BCUT2D eigenvalue weighted by Crippen LogP contribution is 2.33. The Hall–Kier alpha value is -4.53. The van der Waals surface area contributed by atoms with E-state index in [1.54, 1.807) is 24.3 Å². The highest BCUT2D eigenvalue weighted by Gasteiger charge is 2.27. The first-order valence-electron chi connectivity index (χ1n) is 14.0. The van der Waals surface area contributed by atoms with Gasteiger partial charge in [0.2, 0.25) is 5.88 Å². The average Bonchev–Trinajstić information content (AvgIpc) is 3.32. The van der Waals surface area contributed by atoms with E-state index >= 15 is 0 Å². The largest absolute Gasteiger partial charge is 0.505 e. The zero-order valence-electron chi connectivity index (χ0n) is 22.9. The number of carboxylic acids is 1. The van der Waals surface area contributed by atoms with E-state index in [-0.39, 0.29) is 35.5 Å². The Morgan fingerprint density at radius 3 is 2.64 bits per heavy atom. The predicted molar refractivity (Wildman–Crippen MR) is 150 cm³/mol. The fraction of sp³-hybridized carbons (Fsp3) is 0.355. The van der Waals surface area contributed by atoms with Crippen molar-refractivity contribution in [2.75, 3.05) is 19.7 Å². The molecule has 2 aromatic heterocycles. The summed E-state index contributed by atoms with van der Waals surface area (Å²) in [6, 6.07) is 15.0. The van der Waals surface area contributed by atoms with Gasteiger partial charge in [0.15, 0.2) is 5.75 Å². The maximum atomic E-state index is 14.2. The Morgan fingerprint density at radius 1 is 1.14 bits per heavy atom. The summed E-state index contributed by atoms with van der Waals surface area (Å²) in [7, 11) is 0. The van der Waals surface area contributed by atoms with Gasteiger partial charge in [0.1, 0.15) is 29.3 Å². The van der Waals surface area contributed by atoms with Gasteiger partial charge in [-0.2, -0.15) is 5.26 Å². The van der Waals surface area contributed by atoms with Crippen LogP contribution in [0.5, 0.6) is 11.6 Å². The van der Waals surface area contributed by atoms with Crippen molar-refractivity contribution in [2.24, 2.45) is 0 Å². The van der Waals surface area contributed by atoms with Crippen molar-refractivity contribution >= 4 is 17.0 Å². The number of piperidine rings is 1. The Morgan fingerprint density at radius 2 is 1.95 bits per heavy atom. The summed E-state index contributed by atoms with van der Waals surface area (Å²) < 4.78 is 27.7. The number of pyridine rings is 1. The smallest absolute Gasteiger partial charge is 0.339 e. The lowest BCUT2D eigenvalue weighted by atomic mass is 9.93. The fourth-order valence-electron chi connectivity index (χ4n) is 5.57. The van der Waals surface area contributed by atoms with E-state index in [0.717, 1.165) is 50.5 Å². The SMILES string of the molecule is N#Cc1ccc(COc2cccc(C3CCN(Cc4nc5c(O)c(C(=O)O)ccc5n4C[C@@H]4CCO4)CC3)n2)c(F)c1. The van der Waals surface area contributed by atoms with Crippen LogP contribution in [0.2, 0.25) is 0 Å². The van der Waals surface area contributed by atoms with Crippen LogP contribution in [0.25, 0.3) is 11.0 Å². The molecule has 11 heteroatoms. The number of halogens is 1. The van der Waals surface area contributed by atoms with Gasteiger partial charge in [0, 0.05) is 29.8 Å². The van der Waals surface area contributed by atoms with E-state index in [1.165, 1.54) is 12.1 Å². The number of hydrogen-bond acceptors (Lipinski definition) is 8. The number of aromatic hydroxyl groups is 1. The second kappa shape index (κ2) is 11.8. The molecule has 6 rings (SSSR count). The van der Waals surface area contributed by atoms with E-state index in [1.807, 2.05) is 22.8 Å². The standard InChI is InChI=1S/C31H30FN5O5/c32-24-14-19(15-33)4-5-21(24)18-42-28-3-1-2-25(34-28)20-8-11-36(12-9-20)17-27-35-29-26(37(27)16-22-10-13-41-22)7-6-23(30(29)38)31(39)40/h1-7,14,20,22,38H,8-13,16-18H2,(H,39,40)/t22-/m0/s1. The number of benzene rings is 2. The maximum absolute atomic E-state index is 14.2. The minimum Gasteiger partial charge on any atom is -0.505 e. The topological polar surface area (TPSA) is 134 Å². The normalized spacial score (nSPS) is 17.6. The van der Waals surface area contributed by atoms with Gasteiger partial charge in [-0.25, -0.2) is 19.2 Å². The molecule has 0 amide bonds. The van der Waals surface area contributed by atoms with Crippen LogP contribution in [0.1, 0.15) is 58.2 Å². The molecule has 216 valence electrons. The number of likely N-dealkylation sites (tertiary alicyclic amines) is 1. The van der Waals surface area contributed by atoms with Crippen molar-refractivity contribution in [1.82, 2.24) is 19.4 Å². The number of aromatic nitrogens is 3. The van der Waals surface area contributed by atoms with Crippen LogP contribution in [-0.4, -0.2) is 61.4 Å². The first kappa shape index (κ1) is 27.6. The molecule has 0 spiro atoms. The molecule has 2 N–H and O–H groups in total. The lowest BCUT2D eigenvalue weighted by Gasteiger charge is -2.32. The molecule has 4 aromatic rings. The van der Waals surface area contributed by atoms with Gasteiger partial charge in [-0.1, -0.05) is 12.1 Å². The fourth-order valence-corrected chi connectivity index (χ4v) is 5.57. The van der Waals surface area contributed by atoms with E-state index in [4.69, 9.17) is 19.7 Å². The number of nitriles is 1. The van der Waals surface area contributed by atoms with Gasteiger partial charge in [-0.15, -0.1) is 0 Å². The molecule has 2 aliphatic rings. The quantitative estimate of drug-likeness (QED) is 0.296. The zero-order chi connectivity index (χ0) is 29.2. The van der Waals surface area contributed by atoms with E-state index < -0.39 is 11.8 Å². The molecule has 0 aliphatic carbocycles. The number of nitrogens with zero attached hydrogens (tertiary/aromatic N) is 5. The van der Waals surface area contributed by atoms with Crippen LogP contribution in [0.3, 0.4) is 0 Å². The number of rotatable bonds is 9. The monoisotopic (exact) mass is 571 g/mol. The minimum absolute atomic E-state index is 0.0167. The Kier molecular flexibility index (Phi) is 7.73. The van der Waals surface area contributed by atoms with Crippen LogP contribution in [-0.2, 0) is 24.4 Å². The number of carbonyl (C=O) groups is 1. The highest BCUT2D eigenvalue weighted by molar-refractivity contribution is 5.98. The summed E-state index contributed by atoms with van der Waals surface area (Å²) in [5.41, 5.74) is 2.36. The van der Waals surface area contributed by atoms with Crippen LogP contribution in [0, 0.1) is 17.1 Å². The molecular formula is C31H30FN5O5. The van der Waals surface area contributed by atoms with Crippen LogP contribution < -0.4 is 4.74 Å². The molecule has 2 aromatic carbocycles. The zero-order valence-corrected chi connectivity index (χ0v) is 22.9. The Bertz CT molecular complexity index is 1670. The molecule has 2 saturated heterocycles. The number of imidazole rings is 1. The van der Waals surface area contributed by atoms with Crippen molar-refractivity contribution in [3.05, 3.63) is 82.6 Å². The molecule has 0 bridgehead atoms. The highest BCUT2D eigenvalue weighted by atomic mass is 19.1. The minimum atomic E-state index is -1.20. The lowest BCUT2D eigenvalue weighted by Crippen LogP contribution is -2.35. The van der Waals surface area contributed by atoms with Crippen molar-refractivity contribution in [1.29, 1.82) is 5.26 Å². The van der Waals surface area contributed by atoms with Crippen molar-refractivity contribution < 1.29 is 28.9 Å². The third-order valence-electron chi connectivity index (χ3n) is 8.06. The number of ether oxygens (including phenoxy) is 2. The summed E-state index contributed by atoms with van der Waals surface area (Å²) in [6.45, 7) is 3.51. The van der Waals surface area contributed by atoms with Crippen molar-refractivity contribution in [3.8, 4) is 17.7 Å². The van der Waals surface area contributed by atoms with Crippen molar-refractivity contribution in [3.63, 3.8) is 0 Å². The number of phenols is 1. The maximum Gasteiger partial charge on any atom is 0.339 e. The van der Waals surface area contributed by atoms with Gasteiger partial charge in [-0.3, -0.25) is 4.90 Å². The molecule has 0 unspecified atom stereocenters. The summed E-state index contributed by atoms with van der Waals surface area (Å²) in [4.78, 5) is 23.2. The molecule has 2 aliphatic heterocycles. The second-order valence-corrected chi connectivity index (χ2v) is 10.7. The molecule has 4 heterocycles. The summed E-state index contributed by atoms with van der Waals surface area (Å²) in [6.07, 6.45) is 2.77. The summed E-state index contributed by atoms with van der Waals surface area (Å²) in [5, 5.41) is 29.0. The molecule has 0 radical (unpaired) electrons. The van der Waals surface area contributed by atoms with Crippen LogP contribution >= 0.6 is 0 Å². The van der Waals surface area contributed by atoms with E-state index in [0.29, 0.717) is 35.6 Å². The molecule has 1 atom stereocenters. The number of hydrogen-bond donors (Lipinski definition) is 2. The number of aromatic carboxylic acids is 1. The van der Waals surface area contributed by atoms with Gasteiger partial charge < -0.3 is 24.3 Å². The lowest BCUT2D eigenvalue weighted by molar-refractivity contribution is -0.0592. The molecule has 10 nitrogen and oxygen atoms in total. The van der Waals surface area contributed by atoms with E-state index in [9.17, 15) is 19.4 Å². The van der Waals surface area contributed by atoms with Crippen LogP contribution in [0.15, 0.2) is 48.5 Å². The first-order valence-corrected chi connectivity index (χ1v) is 14.0. The summed E-state index contributed by atoms with van der Waals surface area (Å²) >= 11 is 0. The first-order chi connectivity index (χ1) is 20.4. The van der Waals surface area contributed by atoms with E-state index in [2.05, 4.69) is 9.88 Å². The Labute approximate surface area is 241 Å². The van der Waals surface area contributed by atoms with Gasteiger partial charge in [0.05, 0.1) is 36.3 Å². The van der Waals surface area contributed by atoms with Crippen LogP contribution in [0.4, 0.5) is 4.39 Å². The molecule has 2 fully saturated rings.